The van der Waals surface area contributed by atoms with Crippen LogP contribution in [0.2, 0.25) is 0 Å². The first kappa shape index (κ1) is 20.0. The molecule has 0 bridgehead atoms. The number of carbonyl (C=O) groups is 2. The molecule has 0 saturated carbocycles. The van der Waals surface area contributed by atoms with Crippen molar-refractivity contribution in [3.8, 4) is 0 Å². The van der Waals surface area contributed by atoms with Crippen LogP contribution in [0.25, 0.3) is 11.0 Å². The molecule has 2 aromatic heterocycles. The number of pyridine rings is 1. The number of rotatable bonds is 4. The quantitative estimate of drug-likeness (QED) is 0.866. The van der Waals surface area contributed by atoms with E-state index in [1.807, 2.05) is 26.8 Å². The summed E-state index contributed by atoms with van der Waals surface area (Å²) in [5.41, 5.74) is -0.464. The van der Waals surface area contributed by atoms with Gasteiger partial charge in [0.25, 0.3) is 5.56 Å². The van der Waals surface area contributed by atoms with Gasteiger partial charge in [-0.2, -0.15) is 0 Å². The molecule has 1 fully saturated rings. The van der Waals surface area contributed by atoms with E-state index in [0.29, 0.717) is 31.8 Å². The first-order valence-electron chi connectivity index (χ1n) is 9.57. The molecule has 8 heteroatoms. The van der Waals surface area contributed by atoms with Gasteiger partial charge in [-0.1, -0.05) is 0 Å². The number of nitrogens with zero attached hydrogens (tertiary/aromatic N) is 2. The van der Waals surface area contributed by atoms with Crippen LogP contribution in [0.4, 0.5) is 4.79 Å². The summed E-state index contributed by atoms with van der Waals surface area (Å²) in [6.07, 6.45) is 4.27. The second-order valence-electron chi connectivity index (χ2n) is 8.08. The molecule has 0 spiro atoms. The van der Waals surface area contributed by atoms with Crippen LogP contribution in [0.1, 0.15) is 33.6 Å². The van der Waals surface area contributed by atoms with Crippen molar-refractivity contribution in [2.24, 2.45) is 5.92 Å². The lowest BCUT2D eigenvalue weighted by molar-refractivity contribution is -0.126. The molecule has 0 aromatic carbocycles. The van der Waals surface area contributed by atoms with Crippen molar-refractivity contribution in [2.75, 3.05) is 19.6 Å². The van der Waals surface area contributed by atoms with Gasteiger partial charge < -0.3 is 23.9 Å². The number of piperidine rings is 1. The van der Waals surface area contributed by atoms with Gasteiger partial charge in [0, 0.05) is 37.8 Å². The highest BCUT2D eigenvalue weighted by Crippen LogP contribution is 2.19. The van der Waals surface area contributed by atoms with Crippen LogP contribution < -0.4 is 10.9 Å². The van der Waals surface area contributed by atoms with Gasteiger partial charge in [0.2, 0.25) is 5.91 Å². The topological polar surface area (TPSA) is 93.8 Å². The van der Waals surface area contributed by atoms with Gasteiger partial charge >= 0.3 is 6.09 Å². The van der Waals surface area contributed by atoms with E-state index in [4.69, 9.17) is 9.15 Å². The van der Waals surface area contributed by atoms with E-state index in [2.05, 4.69) is 5.32 Å². The molecule has 28 heavy (non-hydrogen) atoms. The van der Waals surface area contributed by atoms with Gasteiger partial charge in [0.15, 0.2) is 5.58 Å². The van der Waals surface area contributed by atoms with E-state index >= 15 is 0 Å². The number of amides is 2. The second-order valence-corrected chi connectivity index (χ2v) is 8.08. The normalized spacial score (nSPS) is 17.5. The molecule has 1 atom stereocenters. The fraction of sp³-hybridized carbons (Fsp3) is 0.550. The SMILES string of the molecule is CC(C)(C)OC(=O)N1CCC[C@H](C(=O)NCCn2ccc3ccoc3c2=O)C1. The third kappa shape index (κ3) is 4.74. The summed E-state index contributed by atoms with van der Waals surface area (Å²) >= 11 is 0. The van der Waals surface area contributed by atoms with Crippen LogP contribution in [0.3, 0.4) is 0 Å². The summed E-state index contributed by atoms with van der Waals surface area (Å²) < 4.78 is 12.1. The Morgan fingerprint density at radius 3 is 2.86 bits per heavy atom. The number of hydrogen-bond acceptors (Lipinski definition) is 5. The number of ether oxygens (including phenoxy) is 1. The van der Waals surface area contributed by atoms with E-state index in [-0.39, 0.29) is 23.5 Å². The van der Waals surface area contributed by atoms with E-state index in [1.165, 1.54) is 10.8 Å². The number of furan rings is 1. The molecule has 3 heterocycles. The second kappa shape index (κ2) is 8.08. The summed E-state index contributed by atoms with van der Waals surface area (Å²) in [6.45, 7) is 7.08. The highest BCUT2D eigenvalue weighted by atomic mass is 16.6. The van der Waals surface area contributed by atoms with Crippen LogP contribution >= 0.6 is 0 Å². The summed E-state index contributed by atoms with van der Waals surface area (Å²) in [7, 11) is 0. The highest BCUT2D eigenvalue weighted by Gasteiger charge is 2.30. The maximum atomic E-state index is 12.5. The number of nitrogens with one attached hydrogen (secondary N) is 1. The van der Waals surface area contributed by atoms with Gasteiger partial charge in [0.1, 0.15) is 5.60 Å². The fourth-order valence-electron chi connectivity index (χ4n) is 3.30. The predicted molar refractivity (Wildman–Crippen MR) is 104 cm³/mol. The molecule has 3 rings (SSSR count). The molecule has 152 valence electrons. The van der Waals surface area contributed by atoms with Gasteiger partial charge in [-0.15, -0.1) is 0 Å². The molecule has 2 aromatic rings. The predicted octanol–water partition coefficient (Wildman–Crippen LogP) is 2.36. The van der Waals surface area contributed by atoms with Crippen LogP contribution in [0.5, 0.6) is 0 Å². The lowest BCUT2D eigenvalue weighted by Crippen LogP contribution is -2.47. The van der Waals surface area contributed by atoms with Crippen molar-refractivity contribution in [1.82, 2.24) is 14.8 Å². The minimum atomic E-state index is -0.561. The molecule has 1 N–H and O–H groups in total. The van der Waals surface area contributed by atoms with Crippen LogP contribution in [-0.2, 0) is 16.1 Å². The van der Waals surface area contributed by atoms with E-state index in [1.54, 1.807) is 17.2 Å². The molecular weight excluding hydrogens is 362 g/mol. The highest BCUT2D eigenvalue weighted by molar-refractivity contribution is 5.80. The maximum absolute atomic E-state index is 12.5. The van der Waals surface area contributed by atoms with Crippen molar-refractivity contribution in [1.29, 1.82) is 0 Å². The number of likely N-dealkylation sites (tertiary alicyclic amines) is 1. The summed E-state index contributed by atoms with van der Waals surface area (Å²) in [5.74, 6) is -0.383. The standard InChI is InChI=1S/C20H27N3O5/c1-20(2,3)28-19(26)23-9-4-5-15(13-23)17(24)21-8-11-22-10-6-14-7-12-27-16(14)18(22)25/h6-7,10,12,15H,4-5,8-9,11,13H2,1-3H3,(H,21,24)/t15-/m0/s1. The van der Waals surface area contributed by atoms with Crippen LogP contribution in [-0.4, -0.2) is 46.7 Å². The molecule has 0 radical (unpaired) electrons. The fourth-order valence-corrected chi connectivity index (χ4v) is 3.30. The maximum Gasteiger partial charge on any atom is 0.410 e. The summed E-state index contributed by atoms with van der Waals surface area (Å²) in [4.78, 5) is 38.6. The minimum Gasteiger partial charge on any atom is -0.459 e. The Labute approximate surface area is 163 Å². The van der Waals surface area contributed by atoms with E-state index in [0.717, 1.165) is 18.2 Å². The Bertz CT molecular complexity index is 908. The van der Waals surface area contributed by atoms with Gasteiger partial charge in [-0.3, -0.25) is 9.59 Å². The average Bonchev–Trinajstić information content (AvgIpc) is 3.12. The zero-order valence-electron chi connectivity index (χ0n) is 16.6. The average molecular weight is 389 g/mol. The van der Waals surface area contributed by atoms with Crippen molar-refractivity contribution in [3.05, 3.63) is 34.9 Å². The lowest BCUT2D eigenvalue weighted by atomic mass is 9.97. The zero-order valence-corrected chi connectivity index (χ0v) is 16.6. The van der Waals surface area contributed by atoms with Gasteiger partial charge in [0.05, 0.1) is 12.2 Å². The smallest absolute Gasteiger partial charge is 0.410 e. The number of aromatic nitrogens is 1. The molecule has 1 aliphatic heterocycles. The number of hydrogen-bond donors (Lipinski definition) is 1. The molecule has 0 unspecified atom stereocenters. The first-order valence-corrected chi connectivity index (χ1v) is 9.57. The Morgan fingerprint density at radius 1 is 1.32 bits per heavy atom. The van der Waals surface area contributed by atoms with Gasteiger partial charge in [-0.25, -0.2) is 4.79 Å². The largest absolute Gasteiger partial charge is 0.459 e. The van der Waals surface area contributed by atoms with Crippen LogP contribution in [0, 0.1) is 5.92 Å². The van der Waals surface area contributed by atoms with E-state index in [9.17, 15) is 14.4 Å². The van der Waals surface area contributed by atoms with Crippen molar-refractivity contribution in [2.45, 2.75) is 45.8 Å². The van der Waals surface area contributed by atoms with Crippen LogP contribution in [0.15, 0.2) is 33.8 Å². The Morgan fingerprint density at radius 2 is 2.11 bits per heavy atom. The first-order chi connectivity index (χ1) is 13.2. The Kier molecular flexibility index (Phi) is 5.76. The molecule has 0 aliphatic carbocycles. The Balaban J connectivity index is 1.52. The van der Waals surface area contributed by atoms with Crippen molar-refractivity contribution in [3.63, 3.8) is 0 Å². The third-order valence-corrected chi connectivity index (χ3v) is 4.68. The zero-order chi connectivity index (χ0) is 20.3. The minimum absolute atomic E-state index is 0.111. The molecule has 1 aliphatic rings. The van der Waals surface area contributed by atoms with Crippen molar-refractivity contribution < 1.29 is 18.7 Å². The third-order valence-electron chi connectivity index (χ3n) is 4.68. The summed E-state index contributed by atoms with van der Waals surface area (Å²) in [5, 5.41) is 3.63. The molecule has 2 amide bonds. The van der Waals surface area contributed by atoms with E-state index < -0.39 is 5.60 Å². The van der Waals surface area contributed by atoms with Gasteiger partial charge in [-0.05, 0) is 45.7 Å². The van der Waals surface area contributed by atoms with Crippen molar-refractivity contribution >= 4 is 23.0 Å². The number of fused-ring (bicyclic) bond motifs is 1. The monoisotopic (exact) mass is 389 g/mol. The molecular formula is C20H27N3O5. The Hall–Kier alpha value is -2.77. The lowest BCUT2D eigenvalue weighted by Gasteiger charge is -2.33. The number of carbonyl (C=O) groups excluding carboxylic acids is 2. The molecule has 8 nitrogen and oxygen atoms in total. The summed E-state index contributed by atoms with van der Waals surface area (Å²) in [6, 6.07) is 3.55. The molecule has 1 saturated heterocycles.